The molecule has 34 heavy (non-hydrogen) atoms. The molecule has 0 amide bonds. The van der Waals surface area contributed by atoms with Crippen molar-refractivity contribution >= 4 is 16.8 Å². The Morgan fingerprint density at radius 2 is 2.00 bits per heavy atom. The minimum atomic E-state index is -0.667. The van der Waals surface area contributed by atoms with Crippen molar-refractivity contribution in [1.82, 2.24) is 5.32 Å². The van der Waals surface area contributed by atoms with Gasteiger partial charge in [-0.2, -0.15) is 0 Å². The summed E-state index contributed by atoms with van der Waals surface area (Å²) in [4.78, 5) is 25.4. The summed E-state index contributed by atoms with van der Waals surface area (Å²) in [5.74, 6) is -0.467. The summed E-state index contributed by atoms with van der Waals surface area (Å²) in [5.41, 5.74) is 3.90. The maximum atomic E-state index is 12.9. The van der Waals surface area contributed by atoms with Crippen LogP contribution in [0.3, 0.4) is 0 Å². The monoisotopic (exact) mass is 461 g/mol. The van der Waals surface area contributed by atoms with Gasteiger partial charge in [-0.25, -0.2) is 4.79 Å². The van der Waals surface area contributed by atoms with Gasteiger partial charge in [0, 0.05) is 23.9 Å². The van der Waals surface area contributed by atoms with Crippen molar-refractivity contribution in [3.8, 4) is 11.5 Å². The molecular weight excluding hydrogens is 430 g/mol. The number of allylic oxidation sites excluding steroid dienone is 2. The minimum Gasteiger partial charge on any atom is -0.504 e. The van der Waals surface area contributed by atoms with Gasteiger partial charge in [-0.1, -0.05) is 29.8 Å². The SMILES string of the molecule is CNCc1cccc(C2CCC/C(=C/C(=O)Cc3c(C)c4ccc(O)c(O)c4oc3=O)CC2)c1. The normalized spacial score (nSPS) is 17.7. The zero-order chi connectivity index (χ0) is 24.2. The van der Waals surface area contributed by atoms with E-state index in [1.165, 1.54) is 17.2 Å². The highest BCUT2D eigenvalue weighted by molar-refractivity contribution is 5.94. The van der Waals surface area contributed by atoms with Crippen LogP contribution in [0.2, 0.25) is 0 Å². The number of aromatic hydroxyl groups is 2. The summed E-state index contributed by atoms with van der Waals surface area (Å²) in [6, 6.07) is 11.6. The Hall–Kier alpha value is -3.38. The first-order chi connectivity index (χ1) is 16.4. The molecule has 1 aliphatic carbocycles. The van der Waals surface area contributed by atoms with E-state index in [-0.39, 0.29) is 29.1 Å². The van der Waals surface area contributed by atoms with Gasteiger partial charge >= 0.3 is 5.63 Å². The van der Waals surface area contributed by atoms with Crippen LogP contribution in [-0.2, 0) is 17.8 Å². The topological polar surface area (TPSA) is 99.8 Å². The number of fused-ring (bicyclic) bond motifs is 1. The van der Waals surface area contributed by atoms with Gasteiger partial charge in [0.25, 0.3) is 0 Å². The summed E-state index contributed by atoms with van der Waals surface area (Å²) < 4.78 is 5.24. The molecule has 3 aromatic rings. The molecule has 1 atom stereocenters. The quantitative estimate of drug-likeness (QED) is 0.206. The van der Waals surface area contributed by atoms with Crippen LogP contribution in [0.4, 0.5) is 0 Å². The van der Waals surface area contributed by atoms with E-state index < -0.39 is 11.4 Å². The van der Waals surface area contributed by atoms with Crippen LogP contribution >= 0.6 is 0 Å². The van der Waals surface area contributed by atoms with Gasteiger partial charge in [-0.15, -0.1) is 0 Å². The average Bonchev–Trinajstić information content (AvgIpc) is 3.05. The molecule has 6 heteroatoms. The lowest BCUT2D eigenvalue weighted by Gasteiger charge is -2.15. The molecule has 1 heterocycles. The van der Waals surface area contributed by atoms with Crippen LogP contribution in [-0.4, -0.2) is 23.0 Å². The summed E-state index contributed by atoms with van der Waals surface area (Å²) in [6.07, 6.45) is 6.53. The third kappa shape index (κ3) is 5.07. The lowest BCUT2D eigenvalue weighted by atomic mass is 9.90. The first-order valence-corrected chi connectivity index (χ1v) is 11.8. The summed E-state index contributed by atoms with van der Waals surface area (Å²) >= 11 is 0. The molecule has 4 rings (SSSR count). The number of nitrogens with one attached hydrogen (secondary N) is 1. The van der Waals surface area contributed by atoms with E-state index >= 15 is 0 Å². The maximum Gasteiger partial charge on any atom is 0.340 e. The number of hydrogen-bond donors (Lipinski definition) is 3. The molecule has 1 saturated carbocycles. The first-order valence-electron chi connectivity index (χ1n) is 11.8. The Labute approximate surface area is 198 Å². The van der Waals surface area contributed by atoms with Crippen molar-refractivity contribution in [2.45, 2.75) is 57.9 Å². The number of rotatable bonds is 6. The van der Waals surface area contributed by atoms with Crippen molar-refractivity contribution in [2.24, 2.45) is 0 Å². The van der Waals surface area contributed by atoms with Gasteiger partial charge in [-0.3, -0.25) is 4.79 Å². The van der Waals surface area contributed by atoms with Crippen LogP contribution in [0.15, 0.2) is 57.3 Å². The molecule has 1 aliphatic rings. The third-order valence-electron chi connectivity index (χ3n) is 6.79. The van der Waals surface area contributed by atoms with Gasteiger partial charge in [0.2, 0.25) is 5.75 Å². The largest absolute Gasteiger partial charge is 0.504 e. The van der Waals surface area contributed by atoms with Crippen LogP contribution in [0.1, 0.15) is 60.3 Å². The number of hydrogen-bond acceptors (Lipinski definition) is 6. The van der Waals surface area contributed by atoms with Crippen molar-refractivity contribution < 1.29 is 19.4 Å². The van der Waals surface area contributed by atoms with Crippen molar-refractivity contribution in [3.05, 3.63) is 80.7 Å². The highest BCUT2D eigenvalue weighted by atomic mass is 16.4. The number of carbonyl (C=O) groups excluding carboxylic acids is 1. The maximum absolute atomic E-state index is 12.9. The fourth-order valence-electron chi connectivity index (χ4n) is 4.93. The highest BCUT2D eigenvalue weighted by Crippen LogP contribution is 2.36. The number of benzene rings is 2. The number of phenols is 2. The molecule has 0 radical (unpaired) electrons. The second kappa shape index (κ2) is 10.3. The average molecular weight is 462 g/mol. The van der Waals surface area contributed by atoms with Crippen molar-refractivity contribution in [2.75, 3.05) is 7.05 Å². The highest BCUT2D eigenvalue weighted by Gasteiger charge is 2.20. The molecule has 0 spiro atoms. The van der Waals surface area contributed by atoms with E-state index in [1.54, 1.807) is 19.1 Å². The van der Waals surface area contributed by atoms with Gasteiger partial charge in [0.1, 0.15) is 0 Å². The van der Waals surface area contributed by atoms with E-state index in [0.717, 1.165) is 44.2 Å². The molecule has 3 N–H and O–H groups in total. The fraction of sp³-hybridized carbons (Fsp3) is 0.357. The van der Waals surface area contributed by atoms with Gasteiger partial charge in [0.05, 0.1) is 0 Å². The zero-order valence-electron chi connectivity index (χ0n) is 19.7. The second-order valence-electron chi connectivity index (χ2n) is 9.15. The molecular formula is C28H31NO5. The Morgan fingerprint density at radius 1 is 1.18 bits per heavy atom. The Bertz CT molecular complexity index is 1300. The van der Waals surface area contributed by atoms with Crippen molar-refractivity contribution in [3.63, 3.8) is 0 Å². The second-order valence-corrected chi connectivity index (χ2v) is 9.15. The predicted molar refractivity (Wildman–Crippen MR) is 132 cm³/mol. The van der Waals surface area contributed by atoms with Crippen LogP contribution in [0.5, 0.6) is 11.5 Å². The van der Waals surface area contributed by atoms with E-state index in [1.807, 2.05) is 7.05 Å². The summed E-state index contributed by atoms with van der Waals surface area (Å²) in [5, 5.41) is 23.4. The minimum absolute atomic E-state index is 0.0509. The van der Waals surface area contributed by atoms with Crippen molar-refractivity contribution in [1.29, 1.82) is 0 Å². The molecule has 0 bridgehead atoms. The Balaban J connectivity index is 1.49. The molecule has 1 unspecified atom stereocenters. The van der Waals surface area contributed by atoms with E-state index in [9.17, 15) is 19.8 Å². The first kappa shape index (κ1) is 23.8. The molecule has 1 aromatic heterocycles. The van der Waals surface area contributed by atoms with E-state index in [2.05, 4.69) is 29.6 Å². The lowest BCUT2D eigenvalue weighted by Crippen LogP contribution is -2.14. The Kier molecular flexibility index (Phi) is 7.17. The third-order valence-corrected chi connectivity index (χ3v) is 6.79. The number of phenolic OH excluding ortho intramolecular Hbond substituents is 2. The summed E-state index contributed by atoms with van der Waals surface area (Å²) in [7, 11) is 1.95. The predicted octanol–water partition coefficient (Wildman–Crippen LogP) is 5.02. The van der Waals surface area contributed by atoms with E-state index in [4.69, 9.17) is 4.42 Å². The zero-order valence-corrected chi connectivity index (χ0v) is 19.7. The van der Waals surface area contributed by atoms with Crippen LogP contribution < -0.4 is 10.9 Å². The van der Waals surface area contributed by atoms with Crippen LogP contribution in [0.25, 0.3) is 11.0 Å². The van der Waals surface area contributed by atoms with E-state index in [0.29, 0.717) is 16.9 Å². The molecule has 1 fully saturated rings. The molecule has 0 saturated heterocycles. The van der Waals surface area contributed by atoms with Gasteiger partial charge in [-0.05, 0) is 86.9 Å². The van der Waals surface area contributed by atoms with Crippen LogP contribution in [0, 0.1) is 6.92 Å². The van der Waals surface area contributed by atoms with Gasteiger partial charge < -0.3 is 19.9 Å². The molecule has 6 nitrogen and oxygen atoms in total. The molecule has 0 aliphatic heterocycles. The standard InChI is InChI=1S/C28H31NO5/c1-17-23-11-12-25(31)26(32)27(23)34-28(33)24(17)15-22(30)14-18-5-3-7-20(10-9-18)21-8-4-6-19(13-21)16-29-2/h4,6,8,11-14,20,29,31-32H,3,5,7,9-10,15-16H2,1-2H3/b18-14-. The number of carbonyl (C=O) groups is 1. The Morgan fingerprint density at radius 3 is 2.79 bits per heavy atom. The number of ketones is 1. The number of aryl methyl sites for hydroxylation is 1. The molecule has 2 aromatic carbocycles. The lowest BCUT2D eigenvalue weighted by molar-refractivity contribution is -0.114. The summed E-state index contributed by atoms with van der Waals surface area (Å²) in [6.45, 7) is 2.58. The molecule has 178 valence electrons. The van der Waals surface area contributed by atoms with Gasteiger partial charge in [0.15, 0.2) is 17.1 Å². The fourth-order valence-corrected chi connectivity index (χ4v) is 4.93. The smallest absolute Gasteiger partial charge is 0.340 e.